The van der Waals surface area contributed by atoms with Crippen LogP contribution in [0.3, 0.4) is 0 Å². The molecule has 0 aliphatic heterocycles. The molecule has 4 nitrogen and oxygen atoms in total. The van der Waals surface area contributed by atoms with E-state index in [9.17, 15) is 8.42 Å². The summed E-state index contributed by atoms with van der Waals surface area (Å²) in [5.41, 5.74) is 0.805. The smallest absolute Gasteiger partial charge is 0.243 e. The maximum atomic E-state index is 12.6. The monoisotopic (exact) mass is 270 g/mol. The van der Waals surface area contributed by atoms with Gasteiger partial charge >= 0.3 is 0 Å². The predicted molar refractivity (Wildman–Crippen MR) is 73.9 cm³/mol. The summed E-state index contributed by atoms with van der Waals surface area (Å²) >= 11 is 0. The molecule has 5 heteroatoms. The van der Waals surface area contributed by atoms with Gasteiger partial charge < -0.3 is 5.32 Å². The Morgan fingerprint density at radius 3 is 2.39 bits per heavy atom. The van der Waals surface area contributed by atoms with Gasteiger partial charge in [0.1, 0.15) is 0 Å². The average Bonchev–Trinajstić information content (AvgIpc) is 2.30. The number of hydrogen-bond donors (Lipinski definition) is 1. The van der Waals surface area contributed by atoms with Crippen molar-refractivity contribution in [1.82, 2.24) is 9.62 Å². The number of rotatable bonds is 6. The van der Waals surface area contributed by atoms with Crippen LogP contribution in [-0.2, 0) is 16.6 Å². The van der Waals surface area contributed by atoms with Gasteiger partial charge in [0.15, 0.2) is 0 Å². The molecule has 0 atom stereocenters. The Kier molecular flexibility index (Phi) is 5.31. The average molecular weight is 270 g/mol. The number of nitrogens with zero attached hydrogens (tertiary/aromatic N) is 1. The van der Waals surface area contributed by atoms with Crippen LogP contribution in [0.5, 0.6) is 0 Å². The molecule has 0 saturated heterocycles. The van der Waals surface area contributed by atoms with E-state index >= 15 is 0 Å². The first kappa shape index (κ1) is 15.1. The minimum absolute atomic E-state index is 0.0392. The van der Waals surface area contributed by atoms with Crippen LogP contribution in [-0.4, -0.2) is 32.4 Å². The van der Waals surface area contributed by atoms with Crippen LogP contribution in [0, 0.1) is 0 Å². The van der Waals surface area contributed by atoms with Crippen molar-refractivity contribution in [3.8, 4) is 0 Å². The molecule has 1 aromatic carbocycles. The SMILES string of the molecule is CCN(C(C)C)S(=O)(=O)c1ccccc1CNC. The summed E-state index contributed by atoms with van der Waals surface area (Å²) in [4.78, 5) is 0.398. The van der Waals surface area contributed by atoms with Gasteiger partial charge in [-0.3, -0.25) is 0 Å². The third-order valence-electron chi connectivity index (χ3n) is 2.81. The van der Waals surface area contributed by atoms with Gasteiger partial charge in [0.25, 0.3) is 0 Å². The van der Waals surface area contributed by atoms with Gasteiger partial charge in [-0.15, -0.1) is 0 Å². The van der Waals surface area contributed by atoms with Crippen molar-refractivity contribution in [3.05, 3.63) is 29.8 Å². The van der Waals surface area contributed by atoms with Crippen LogP contribution in [0.4, 0.5) is 0 Å². The number of benzene rings is 1. The Hall–Kier alpha value is -0.910. The summed E-state index contributed by atoms with van der Waals surface area (Å²) in [6, 6.07) is 7.10. The number of hydrogen-bond acceptors (Lipinski definition) is 3. The standard InChI is InChI=1S/C13H22N2O2S/c1-5-15(11(2)3)18(16,17)13-9-7-6-8-12(13)10-14-4/h6-9,11,14H,5,10H2,1-4H3. The van der Waals surface area contributed by atoms with Crippen LogP contribution in [0.2, 0.25) is 0 Å². The van der Waals surface area contributed by atoms with Crippen molar-refractivity contribution in [1.29, 1.82) is 0 Å². The molecule has 0 heterocycles. The second-order valence-electron chi connectivity index (χ2n) is 4.44. The van der Waals surface area contributed by atoms with Crippen molar-refractivity contribution in [3.63, 3.8) is 0 Å². The molecule has 0 fully saturated rings. The summed E-state index contributed by atoms with van der Waals surface area (Å²) in [5.74, 6) is 0. The van der Waals surface area contributed by atoms with E-state index in [1.165, 1.54) is 4.31 Å². The van der Waals surface area contributed by atoms with Crippen molar-refractivity contribution >= 4 is 10.0 Å². The minimum atomic E-state index is -3.41. The molecule has 1 aromatic rings. The molecule has 18 heavy (non-hydrogen) atoms. The summed E-state index contributed by atoms with van der Waals surface area (Å²) < 4.78 is 26.7. The van der Waals surface area contributed by atoms with E-state index in [-0.39, 0.29) is 6.04 Å². The highest BCUT2D eigenvalue weighted by Gasteiger charge is 2.27. The van der Waals surface area contributed by atoms with Gasteiger partial charge in [-0.1, -0.05) is 25.1 Å². The largest absolute Gasteiger partial charge is 0.316 e. The molecule has 0 spiro atoms. The maximum Gasteiger partial charge on any atom is 0.243 e. The van der Waals surface area contributed by atoms with Crippen LogP contribution in [0.15, 0.2) is 29.2 Å². The van der Waals surface area contributed by atoms with E-state index in [4.69, 9.17) is 0 Å². The first-order valence-corrected chi connectivity index (χ1v) is 7.63. The Morgan fingerprint density at radius 2 is 1.89 bits per heavy atom. The second-order valence-corrected chi connectivity index (χ2v) is 6.30. The van der Waals surface area contributed by atoms with E-state index < -0.39 is 10.0 Å². The molecule has 0 bridgehead atoms. The van der Waals surface area contributed by atoms with Crippen LogP contribution in [0.1, 0.15) is 26.3 Å². The topological polar surface area (TPSA) is 49.4 Å². The van der Waals surface area contributed by atoms with Crippen LogP contribution in [0.25, 0.3) is 0 Å². The molecular weight excluding hydrogens is 248 g/mol. The molecule has 102 valence electrons. The zero-order valence-corrected chi connectivity index (χ0v) is 12.3. The highest BCUT2D eigenvalue weighted by Crippen LogP contribution is 2.21. The molecule has 1 N–H and O–H groups in total. The van der Waals surface area contributed by atoms with Gasteiger partial charge in [-0.2, -0.15) is 4.31 Å². The Labute approximate surface area is 110 Å². The summed E-state index contributed by atoms with van der Waals surface area (Å²) in [6.07, 6.45) is 0. The normalized spacial score (nSPS) is 12.3. The Bertz CT molecular complexity index is 484. The van der Waals surface area contributed by atoms with E-state index in [0.717, 1.165) is 5.56 Å². The lowest BCUT2D eigenvalue weighted by molar-refractivity contribution is 0.368. The van der Waals surface area contributed by atoms with Gasteiger partial charge in [-0.05, 0) is 32.5 Å². The van der Waals surface area contributed by atoms with Gasteiger partial charge in [-0.25, -0.2) is 8.42 Å². The summed E-state index contributed by atoms with van der Waals surface area (Å²) in [5, 5.41) is 3.00. The van der Waals surface area contributed by atoms with Gasteiger partial charge in [0.2, 0.25) is 10.0 Å². The van der Waals surface area contributed by atoms with Gasteiger partial charge in [0, 0.05) is 19.1 Å². The highest BCUT2D eigenvalue weighted by molar-refractivity contribution is 7.89. The first-order chi connectivity index (χ1) is 8.45. The number of sulfonamides is 1. The molecule has 0 radical (unpaired) electrons. The molecule has 1 rings (SSSR count). The predicted octanol–water partition coefficient (Wildman–Crippen LogP) is 1.83. The zero-order chi connectivity index (χ0) is 13.8. The molecule has 0 aromatic heterocycles. The quantitative estimate of drug-likeness (QED) is 0.858. The third kappa shape index (κ3) is 3.10. The van der Waals surface area contributed by atoms with Gasteiger partial charge in [0.05, 0.1) is 4.90 Å². The summed E-state index contributed by atoms with van der Waals surface area (Å²) in [7, 11) is -1.60. The lowest BCUT2D eigenvalue weighted by Gasteiger charge is -2.25. The van der Waals surface area contributed by atoms with E-state index in [1.54, 1.807) is 12.1 Å². The lowest BCUT2D eigenvalue weighted by Crippen LogP contribution is -2.37. The fourth-order valence-corrected chi connectivity index (χ4v) is 3.90. The maximum absolute atomic E-state index is 12.6. The Morgan fingerprint density at radius 1 is 1.28 bits per heavy atom. The first-order valence-electron chi connectivity index (χ1n) is 6.19. The highest BCUT2D eigenvalue weighted by atomic mass is 32.2. The van der Waals surface area contributed by atoms with Crippen molar-refractivity contribution in [2.24, 2.45) is 0 Å². The molecule has 0 aliphatic carbocycles. The fraction of sp³-hybridized carbons (Fsp3) is 0.538. The lowest BCUT2D eigenvalue weighted by atomic mass is 10.2. The zero-order valence-electron chi connectivity index (χ0n) is 11.5. The Balaban J connectivity index is 3.27. The summed E-state index contributed by atoms with van der Waals surface area (Å²) in [6.45, 7) is 6.67. The molecular formula is C13H22N2O2S. The van der Waals surface area contributed by atoms with E-state index in [0.29, 0.717) is 18.0 Å². The van der Waals surface area contributed by atoms with Crippen LogP contribution < -0.4 is 5.32 Å². The third-order valence-corrected chi connectivity index (χ3v) is 5.07. The molecule has 0 saturated carbocycles. The molecule has 0 amide bonds. The van der Waals surface area contributed by atoms with Crippen molar-refractivity contribution in [2.75, 3.05) is 13.6 Å². The van der Waals surface area contributed by atoms with E-state index in [2.05, 4.69) is 5.32 Å². The number of nitrogens with one attached hydrogen (secondary N) is 1. The van der Waals surface area contributed by atoms with Crippen molar-refractivity contribution < 1.29 is 8.42 Å². The molecule has 0 aliphatic rings. The van der Waals surface area contributed by atoms with Crippen LogP contribution >= 0.6 is 0 Å². The van der Waals surface area contributed by atoms with Crippen molar-refractivity contribution in [2.45, 2.75) is 38.3 Å². The molecule has 0 unspecified atom stereocenters. The second kappa shape index (κ2) is 6.31. The minimum Gasteiger partial charge on any atom is -0.316 e. The fourth-order valence-electron chi connectivity index (χ4n) is 2.03. The van der Waals surface area contributed by atoms with E-state index in [1.807, 2.05) is 40.0 Å².